The standard InChI is InChI=1S/C71H90N3O16P3/c1-2-34-61(35-3-1)85-91(86-67-36-9-4-24-56(67)29-14-19-41-75-46-62-51-80-62)72-92(87-68-37-10-5-25-57(68)30-15-20-42-76-47-63-52-81-63,88-69-38-11-6-26-58(69)31-16-21-43-77-48-64-53-82-64)74-93(73-91,89-70-39-12-7-27-59(70)32-17-22-44-78-49-65-54-83-65)90-71-40-13-8-28-60(71)33-18-23-45-79-50-66-55-84-66/h1-13,24-28,34-40,62-66H,14-23,29-33,41-55H2. The fourth-order valence-corrected chi connectivity index (χ4v) is 19.8. The highest BCUT2D eigenvalue weighted by molar-refractivity contribution is 7.79. The molecule has 0 aromatic heterocycles. The largest absolute Gasteiger partial charge is 0.460 e. The molecule has 0 radical (unpaired) electrons. The minimum Gasteiger partial charge on any atom is -0.413 e. The summed E-state index contributed by atoms with van der Waals surface area (Å²) in [4.78, 5) is 0. The zero-order valence-electron chi connectivity index (χ0n) is 53.2. The van der Waals surface area contributed by atoms with Crippen LogP contribution in [-0.2, 0) is 79.5 Å². The highest BCUT2D eigenvalue weighted by atomic mass is 31.3. The maximum Gasteiger partial charge on any atom is 0.460 e. The van der Waals surface area contributed by atoms with Crippen LogP contribution in [0.3, 0.4) is 0 Å². The number of ether oxygens (including phenoxy) is 10. The van der Waals surface area contributed by atoms with Crippen LogP contribution < -0.4 is 27.1 Å². The van der Waals surface area contributed by atoms with E-state index in [2.05, 4.69) is 30.3 Å². The summed E-state index contributed by atoms with van der Waals surface area (Å²) in [7, 11) is -13.0. The van der Waals surface area contributed by atoms with Gasteiger partial charge < -0.3 is 74.5 Å². The number of benzene rings is 6. The predicted molar refractivity (Wildman–Crippen MR) is 358 cm³/mol. The molecule has 0 spiro atoms. The van der Waals surface area contributed by atoms with E-state index in [1.807, 2.05) is 121 Å². The zero-order valence-corrected chi connectivity index (χ0v) is 55.9. The van der Waals surface area contributed by atoms with Crippen molar-refractivity contribution >= 4 is 23.0 Å². The summed E-state index contributed by atoms with van der Waals surface area (Å²) >= 11 is 0. The van der Waals surface area contributed by atoms with Crippen LogP contribution in [-0.4, -0.2) is 130 Å². The van der Waals surface area contributed by atoms with Crippen LogP contribution in [0, 0.1) is 0 Å². The molecule has 6 aliphatic rings. The number of unbranched alkanes of at least 4 members (excludes halogenated alkanes) is 5. The molecule has 0 bridgehead atoms. The van der Waals surface area contributed by atoms with E-state index in [-0.39, 0.29) is 30.5 Å². The van der Waals surface area contributed by atoms with Gasteiger partial charge >= 0.3 is 23.0 Å². The van der Waals surface area contributed by atoms with E-state index in [0.29, 0.717) is 133 Å². The lowest BCUT2D eigenvalue weighted by atomic mass is 10.1. The third-order valence-corrected chi connectivity index (χ3v) is 24.1. The van der Waals surface area contributed by atoms with Gasteiger partial charge in [-0.2, -0.15) is 0 Å². The molecule has 6 unspecified atom stereocenters. The molecule has 93 heavy (non-hydrogen) atoms. The van der Waals surface area contributed by atoms with Crippen molar-refractivity contribution in [2.75, 3.05) is 99.1 Å². The number of hydrogen-bond donors (Lipinski definition) is 0. The SMILES string of the molecule is c1ccc(OP2(Oc3ccccc3CCCCOCC3CO3)=NP(Oc3ccccc3CCCCOCC3CO3)(Oc3ccccc3CCCCOCC3CO3)=NP(Oc3ccccc3CCCCOCC3CO3)(Oc3ccccc3CCCCOCC3CO3)=N2)cc1. The topological polar surface area (TPSA) is 201 Å². The lowest BCUT2D eigenvalue weighted by molar-refractivity contribution is 0.113. The van der Waals surface area contributed by atoms with E-state index >= 15 is 0 Å². The number of aryl methyl sites for hydroxylation is 5. The molecule has 6 aromatic carbocycles. The van der Waals surface area contributed by atoms with Gasteiger partial charge in [0.15, 0.2) is 0 Å². The molecule has 19 nitrogen and oxygen atoms in total. The first-order valence-corrected chi connectivity index (χ1v) is 38.0. The molecule has 0 saturated carbocycles. The second-order valence-electron chi connectivity index (χ2n) is 24.1. The van der Waals surface area contributed by atoms with Crippen molar-refractivity contribution in [1.29, 1.82) is 0 Å². The van der Waals surface area contributed by atoms with Gasteiger partial charge in [-0.1, -0.05) is 123 Å². The van der Waals surface area contributed by atoms with E-state index in [9.17, 15) is 0 Å². The molecule has 5 saturated heterocycles. The molecule has 22 heteroatoms. The van der Waals surface area contributed by atoms with Crippen molar-refractivity contribution in [3.05, 3.63) is 179 Å². The van der Waals surface area contributed by atoms with E-state index in [0.717, 1.165) is 125 Å². The fraction of sp³-hybridized carbons (Fsp3) is 0.493. The van der Waals surface area contributed by atoms with Crippen molar-refractivity contribution in [2.24, 2.45) is 13.5 Å². The fourth-order valence-electron chi connectivity index (χ4n) is 10.5. The van der Waals surface area contributed by atoms with Crippen molar-refractivity contribution in [1.82, 2.24) is 0 Å². The van der Waals surface area contributed by atoms with Crippen LogP contribution in [0.15, 0.2) is 165 Å². The number of nitrogens with zero attached hydrogens (tertiary/aromatic N) is 3. The maximum absolute atomic E-state index is 7.74. The van der Waals surface area contributed by atoms with Crippen LogP contribution in [0.5, 0.6) is 34.5 Å². The monoisotopic (exact) mass is 1330 g/mol. The van der Waals surface area contributed by atoms with Gasteiger partial charge in [0.25, 0.3) is 0 Å². The average molecular weight is 1330 g/mol. The Labute approximate surface area is 548 Å². The second-order valence-corrected chi connectivity index (χ2v) is 30.3. The first kappa shape index (κ1) is 67.4. The van der Waals surface area contributed by atoms with Crippen molar-refractivity contribution in [3.8, 4) is 34.5 Å². The summed E-state index contributed by atoms with van der Waals surface area (Å²) in [6, 6.07) is 49.7. The number of epoxide rings is 5. The summed E-state index contributed by atoms with van der Waals surface area (Å²) in [5, 5.41) is 0. The zero-order chi connectivity index (χ0) is 63.1. The Hall–Kier alpha value is -5.59. The quantitative estimate of drug-likeness (QED) is 0.0198. The highest BCUT2D eigenvalue weighted by Crippen LogP contribution is 2.79. The number of hydrogen-bond acceptors (Lipinski definition) is 19. The summed E-state index contributed by atoms with van der Waals surface area (Å²) in [5.41, 5.74) is 4.65. The minimum absolute atomic E-state index is 0.191. The molecule has 6 heterocycles. The molecular formula is C71H90N3O16P3. The summed E-state index contributed by atoms with van der Waals surface area (Å²) in [6.07, 6.45) is 12.5. The Morgan fingerprint density at radius 3 is 0.720 bits per heavy atom. The van der Waals surface area contributed by atoms with Gasteiger partial charge in [-0.05, 0) is 167 Å². The van der Waals surface area contributed by atoms with Crippen LogP contribution in [0.4, 0.5) is 0 Å². The molecule has 12 rings (SSSR count). The molecule has 5 fully saturated rings. The van der Waals surface area contributed by atoms with E-state index in [1.165, 1.54) is 0 Å². The maximum atomic E-state index is 7.74. The third-order valence-electron chi connectivity index (χ3n) is 16.0. The normalized spacial score (nSPS) is 23.8. The lowest BCUT2D eigenvalue weighted by Crippen LogP contribution is -2.13. The molecule has 6 aromatic rings. The van der Waals surface area contributed by atoms with Gasteiger partial charge in [0.05, 0.1) is 66.1 Å². The van der Waals surface area contributed by atoms with Gasteiger partial charge in [-0.25, -0.2) is 0 Å². The first-order valence-electron chi connectivity index (χ1n) is 33.4. The van der Waals surface area contributed by atoms with Crippen LogP contribution in [0.2, 0.25) is 0 Å². The molecule has 0 amide bonds. The number of para-hydroxylation sites is 6. The lowest BCUT2D eigenvalue weighted by Gasteiger charge is -2.34. The Morgan fingerprint density at radius 1 is 0.269 bits per heavy atom. The van der Waals surface area contributed by atoms with Crippen LogP contribution in [0.1, 0.15) is 92.0 Å². The number of rotatable bonds is 47. The van der Waals surface area contributed by atoms with E-state index < -0.39 is 23.0 Å². The van der Waals surface area contributed by atoms with Crippen LogP contribution in [0.25, 0.3) is 0 Å². The van der Waals surface area contributed by atoms with E-state index in [4.69, 9.17) is 88.1 Å². The molecule has 500 valence electrons. The van der Waals surface area contributed by atoms with Crippen LogP contribution >= 0.6 is 23.0 Å². The van der Waals surface area contributed by atoms with Gasteiger partial charge in [0.1, 0.15) is 65.0 Å². The summed E-state index contributed by atoms with van der Waals surface area (Å²) < 4.78 is 121. The molecule has 0 N–H and O–H groups in total. The predicted octanol–water partition coefficient (Wildman–Crippen LogP) is 16.0. The third kappa shape index (κ3) is 22.5. The smallest absolute Gasteiger partial charge is 0.413 e. The molecule has 6 atom stereocenters. The average Bonchev–Trinajstić information content (AvgIpc) is 1.57. The highest BCUT2D eigenvalue weighted by Gasteiger charge is 2.50. The Morgan fingerprint density at radius 2 is 0.484 bits per heavy atom. The Bertz CT molecular complexity index is 3160. The van der Waals surface area contributed by atoms with Gasteiger partial charge in [-0.15, -0.1) is 0 Å². The summed E-state index contributed by atoms with van der Waals surface area (Å²) in [6.45, 7) is 9.77. The Balaban J connectivity index is 1.01. The summed E-state index contributed by atoms with van der Waals surface area (Å²) in [5.74, 6) is 3.09. The molecule has 6 aliphatic heterocycles. The van der Waals surface area contributed by atoms with Crippen molar-refractivity contribution < 1.29 is 74.5 Å². The van der Waals surface area contributed by atoms with Gasteiger partial charge in [0, 0.05) is 33.0 Å². The van der Waals surface area contributed by atoms with E-state index in [1.54, 1.807) is 0 Å². The van der Waals surface area contributed by atoms with Gasteiger partial charge in [0.2, 0.25) is 0 Å². The Kier molecular flexibility index (Phi) is 25.3. The first-order chi connectivity index (χ1) is 45.9. The van der Waals surface area contributed by atoms with Crippen molar-refractivity contribution in [2.45, 2.75) is 127 Å². The minimum atomic E-state index is -4.35. The molecular weight excluding hydrogens is 1240 g/mol. The van der Waals surface area contributed by atoms with Crippen molar-refractivity contribution in [3.63, 3.8) is 0 Å². The molecule has 0 aliphatic carbocycles. The second kappa shape index (κ2) is 34.9. The van der Waals surface area contributed by atoms with Gasteiger partial charge in [-0.3, -0.25) is 0 Å².